The first-order chi connectivity index (χ1) is 14.0. The number of carbonyl (C=O) groups excluding carboxylic acids is 1. The molecule has 0 heterocycles. The normalized spacial score (nSPS) is 11.8. The summed E-state index contributed by atoms with van der Waals surface area (Å²) in [5.41, 5.74) is 3.41. The maximum absolute atomic E-state index is 12.4. The maximum atomic E-state index is 12.4. The fourth-order valence-electron chi connectivity index (χ4n) is 3.18. The summed E-state index contributed by atoms with van der Waals surface area (Å²) in [6.45, 7) is 0.559. The van der Waals surface area contributed by atoms with Crippen LogP contribution in [0.15, 0.2) is 72.8 Å². The zero-order valence-electron chi connectivity index (χ0n) is 15.9. The Morgan fingerprint density at radius 3 is 1.76 bits per heavy atom. The van der Waals surface area contributed by atoms with Crippen LogP contribution in [0.3, 0.4) is 0 Å². The molecule has 0 aliphatic rings. The van der Waals surface area contributed by atoms with E-state index in [1.54, 1.807) is 0 Å². The lowest BCUT2D eigenvalue weighted by Gasteiger charge is -2.19. The number of carbonyl (C=O) groups is 1. The van der Waals surface area contributed by atoms with Crippen LogP contribution in [0.4, 0.5) is 0 Å². The van der Waals surface area contributed by atoms with E-state index in [1.165, 1.54) is 5.56 Å². The molecule has 0 aromatic heterocycles. The molecule has 0 aliphatic carbocycles. The SMILES string of the molecule is O=C(CCc1ccc(Cl)cc1)NC[C@H](Cc1ccc(Cl)cc1)c1ccc(Cl)cc1. The lowest BCUT2D eigenvalue weighted by molar-refractivity contribution is -0.121. The molecule has 0 saturated heterocycles. The summed E-state index contributed by atoms with van der Waals surface area (Å²) in [6.07, 6.45) is 1.93. The molecule has 5 heteroatoms. The minimum atomic E-state index is 0.0371. The van der Waals surface area contributed by atoms with Crippen LogP contribution in [-0.2, 0) is 17.6 Å². The molecule has 1 atom stereocenters. The Morgan fingerprint density at radius 1 is 0.724 bits per heavy atom. The molecular weight excluding hydrogens is 425 g/mol. The third-order valence-electron chi connectivity index (χ3n) is 4.84. The first-order valence-corrected chi connectivity index (χ1v) is 10.6. The summed E-state index contributed by atoms with van der Waals surface area (Å²) >= 11 is 17.9. The van der Waals surface area contributed by atoms with Gasteiger partial charge in [-0.1, -0.05) is 71.2 Å². The molecule has 0 aliphatic heterocycles. The number of amides is 1. The van der Waals surface area contributed by atoms with E-state index in [0.29, 0.717) is 34.5 Å². The van der Waals surface area contributed by atoms with E-state index in [2.05, 4.69) is 5.32 Å². The van der Waals surface area contributed by atoms with Crippen molar-refractivity contribution in [3.63, 3.8) is 0 Å². The lowest BCUT2D eigenvalue weighted by atomic mass is 9.92. The third kappa shape index (κ3) is 7.08. The minimum absolute atomic E-state index is 0.0371. The molecule has 3 rings (SSSR count). The number of halogens is 3. The fraction of sp³-hybridized carbons (Fsp3) is 0.208. The van der Waals surface area contributed by atoms with Gasteiger partial charge in [0.2, 0.25) is 5.91 Å². The van der Waals surface area contributed by atoms with Crippen LogP contribution >= 0.6 is 34.8 Å². The topological polar surface area (TPSA) is 29.1 Å². The smallest absolute Gasteiger partial charge is 0.220 e. The van der Waals surface area contributed by atoms with Gasteiger partial charge in [0.05, 0.1) is 0 Å². The second-order valence-corrected chi connectivity index (χ2v) is 8.32. The Bertz CT molecular complexity index is 922. The fourth-order valence-corrected chi connectivity index (χ4v) is 3.56. The monoisotopic (exact) mass is 445 g/mol. The molecule has 1 N–H and O–H groups in total. The zero-order valence-corrected chi connectivity index (χ0v) is 18.1. The van der Waals surface area contributed by atoms with Crippen molar-refractivity contribution < 1.29 is 4.79 Å². The van der Waals surface area contributed by atoms with Crippen LogP contribution in [0.1, 0.15) is 29.0 Å². The Hall–Kier alpha value is -2.00. The van der Waals surface area contributed by atoms with E-state index in [9.17, 15) is 4.79 Å². The molecule has 0 saturated carbocycles. The van der Waals surface area contributed by atoms with E-state index in [-0.39, 0.29) is 11.8 Å². The highest BCUT2D eigenvalue weighted by atomic mass is 35.5. The summed E-state index contributed by atoms with van der Waals surface area (Å²) in [7, 11) is 0. The standard InChI is InChI=1S/C24H22Cl3NO/c25-21-8-1-17(2-9-21)5-14-24(29)28-16-20(19-6-12-23(27)13-7-19)15-18-3-10-22(26)11-4-18/h1-4,6-13,20H,5,14-16H2,(H,28,29)/t20-/m0/s1. The lowest BCUT2D eigenvalue weighted by Crippen LogP contribution is -2.29. The molecule has 3 aromatic rings. The van der Waals surface area contributed by atoms with Crippen LogP contribution < -0.4 is 5.32 Å². The van der Waals surface area contributed by atoms with Crippen molar-refractivity contribution in [1.82, 2.24) is 5.32 Å². The highest BCUT2D eigenvalue weighted by molar-refractivity contribution is 6.31. The van der Waals surface area contributed by atoms with Crippen LogP contribution in [0, 0.1) is 0 Å². The van der Waals surface area contributed by atoms with Gasteiger partial charge in [-0.25, -0.2) is 0 Å². The Labute approximate surface area is 186 Å². The third-order valence-corrected chi connectivity index (χ3v) is 5.59. The van der Waals surface area contributed by atoms with Crippen LogP contribution in [0.25, 0.3) is 0 Å². The maximum Gasteiger partial charge on any atom is 0.220 e. The van der Waals surface area contributed by atoms with Crippen LogP contribution in [0.5, 0.6) is 0 Å². The van der Waals surface area contributed by atoms with E-state index in [1.807, 2.05) is 72.8 Å². The van der Waals surface area contributed by atoms with E-state index >= 15 is 0 Å². The van der Waals surface area contributed by atoms with Gasteiger partial charge in [-0.3, -0.25) is 4.79 Å². The molecule has 0 fully saturated rings. The Morgan fingerprint density at radius 2 is 1.21 bits per heavy atom. The molecule has 0 radical (unpaired) electrons. The quantitative estimate of drug-likeness (QED) is 0.409. The zero-order chi connectivity index (χ0) is 20.6. The van der Waals surface area contributed by atoms with Crippen molar-refractivity contribution in [3.05, 3.63) is 105 Å². The number of benzene rings is 3. The predicted octanol–water partition coefficient (Wildman–Crippen LogP) is 6.72. The van der Waals surface area contributed by atoms with Gasteiger partial charge in [0.15, 0.2) is 0 Å². The number of hydrogen-bond acceptors (Lipinski definition) is 1. The minimum Gasteiger partial charge on any atom is -0.355 e. The van der Waals surface area contributed by atoms with E-state index in [4.69, 9.17) is 34.8 Å². The first kappa shape index (κ1) is 21.7. The molecule has 0 bridgehead atoms. The summed E-state index contributed by atoms with van der Waals surface area (Å²) < 4.78 is 0. The predicted molar refractivity (Wildman–Crippen MR) is 122 cm³/mol. The highest BCUT2D eigenvalue weighted by Crippen LogP contribution is 2.23. The van der Waals surface area contributed by atoms with E-state index < -0.39 is 0 Å². The van der Waals surface area contributed by atoms with Crippen LogP contribution in [0.2, 0.25) is 15.1 Å². The number of rotatable bonds is 8. The van der Waals surface area contributed by atoms with Gasteiger partial charge < -0.3 is 5.32 Å². The molecule has 0 unspecified atom stereocenters. The van der Waals surface area contributed by atoms with Crippen molar-refractivity contribution >= 4 is 40.7 Å². The van der Waals surface area contributed by atoms with Crippen LogP contribution in [-0.4, -0.2) is 12.5 Å². The van der Waals surface area contributed by atoms with Crippen molar-refractivity contribution in [2.45, 2.75) is 25.2 Å². The number of aryl methyl sites for hydroxylation is 1. The largest absolute Gasteiger partial charge is 0.355 e. The molecular formula is C24H22Cl3NO. The van der Waals surface area contributed by atoms with Gasteiger partial charge in [-0.15, -0.1) is 0 Å². The van der Waals surface area contributed by atoms with Gasteiger partial charge in [0, 0.05) is 34.0 Å². The molecule has 150 valence electrons. The summed E-state index contributed by atoms with van der Waals surface area (Å²) in [6, 6.07) is 23.2. The Balaban J connectivity index is 1.61. The van der Waals surface area contributed by atoms with E-state index in [0.717, 1.165) is 17.5 Å². The van der Waals surface area contributed by atoms with Gasteiger partial charge in [-0.2, -0.15) is 0 Å². The second kappa shape index (κ2) is 10.7. The Kier molecular flexibility index (Phi) is 8.00. The van der Waals surface area contributed by atoms with Crippen molar-refractivity contribution in [2.75, 3.05) is 6.54 Å². The summed E-state index contributed by atoms with van der Waals surface area (Å²) in [5, 5.41) is 5.20. The highest BCUT2D eigenvalue weighted by Gasteiger charge is 2.14. The van der Waals surface area contributed by atoms with Gasteiger partial charge in [0.1, 0.15) is 0 Å². The van der Waals surface area contributed by atoms with Crippen molar-refractivity contribution in [2.24, 2.45) is 0 Å². The number of hydrogen-bond donors (Lipinski definition) is 1. The summed E-state index contributed by atoms with van der Waals surface area (Å²) in [4.78, 5) is 12.4. The molecule has 3 aromatic carbocycles. The second-order valence-electron chi connectivity index (χ2n) is 7.01. The van der Waals surface area contributed by atoms with Gasteiger partial charge in [0.25, 0.3) is 0 Å². The summed E-state index contributed by atoms with van der Waals surface area (Å²) in [5.74, 6) is 0.183. The molecule has 29 heavy (non-hydrogen) atoms. The van der Waals surface area contributed by atoms with Crippen molar-refractivity contribution in [3.8, 4) is 0 Å². The molecule has 1 amide bonds. The average Bonchev–Trinajstić information content (AvgIpc) is 2.73. The molecule has 2 nitrogen and oxygen atoms in total. The average molecular weight is 447 g/mol. The van der Waals surface area contributed by atoms with Gasteiger partial charge >= 0.3 is 0 Å². The molecule has 0 spiro atoms. The number of nitrogens with one attached hydrogen (secondary N) is 1. The first-order valence-electron chi connectivity index (χ1n) is 9.50. The van der Waals surface area contributed by atoms with Gasteiger partial charge in [-0.05, 0) is 65.9 Å². The van der Waals surface area contributed by atoms with Crippen molar-refractivity contribution in [1.29, 1.82) is 0 Å².